The minimum atomic E-state index is -2.58. The Kier molecular flexibility index (Phi) is 21.7. The van der Waals surface area contributed by atoms with Crippen LogP contribution >= 0.6 is 12.4 Å². The predicted octanol–water partition coefficient (Wildman–Crippen LogP) is 3.74. The Bertz CT molecular complexity index is 707. The van der Waals surface area contributed by atoms with Gasteiger partial charge in [0.2, 0.25) is 0 Å². The number of nitrogens with zero attached hydrogens (tertiary/aromatic N) is 1. The average Bonchev–Trinajstić information content (AvgIpc) is 2.90. The van der Waals surface area contributed by atoms with Gasteiger partial charge in [-0.25, -0.2) is 0 Å². The molecular formula is C24H47ClN2O7Si2. The highest BCUT2D eigenvalue weighted by atomic mass is 35.5. The lowest BCUT2D eigenvalue weighted by atomic mass is 10.0. The van der Waals surface area contributed by atoms with E-state index in [4.69, 9.17) is 32.3 Å². The smallest absolute Gasteiger partial charge is 0.377 e. The van der Waals surface area contributed by atoms with Crippen molar-refractivity contribution in [2.24, 2.45) is 5.73 Å². The second-order valence-corrected chi connectivity index (χ2v) is 13.9. The molecule has 0 aliphatic carbocycles. The largest absolute Gasteiger partial charge is 0.500 e. The SMILES string of the molecule is C=Cc1ccccc1C(=O)CN(CCN)CCC[Si](OC)(OC)OC.CCC[Si](OC)(OC)OC.Cl. The fourth-order valence-corrected chi connectivity index (χ4v) is 7.04. The second-order valence-electron chi connectivity index (χ2n) is 7.72. The third-order valence-electron chi connectivity index (χ3n) is 5.67. The monoisotopic (exact) mass is 566 g/mol. The van der Waals surface area contributed by atoms with Crippen molar-refractivity contribution in [2.45, 2.75) is 31.9 Å². The molecule has 0 fully saturated rings. The van der Waals surface area contributed by atoms with Crippen LogP contribution in [0, 0.1) is 0 Å². The number of ketones is 1. The van der Waals surface area contributed by atoms with E-state index in [9.17, 15) is 4.79 Å². The van der Waals surface area contributed by atoms with Crippen LogP contribution in [0.4, 0.5) is 0 Å². The van der Waals surface area contributed by atoms with E-state index in [0.29, 0.717) is 31.2 Å². The van der Waals surface area contributed by atoms with E-state index in [-0.39, 0.29) is 18.2 Å². The average molecular weight is 567 g/mol. The molecule has 0 amide bonds. The van der Waals surface area contributed by atoms with Gasteiger partial charge in [0, 0.05) is 73.4 Å². The first-order valence-corrected chi connectivity index (χ1v) is 15.6. The highest BCUT2D eigenvalue weighted by molar-refractivity contribution is 6.60. The van der Waals surface area contributed by atoms with E-state index < -0.39 is 17.6 Å². The topological polar surface area (TPSA) is 102 Å². The zero-order valence-corrected chi connectivity index (χ0v) is 25.9. The highest BCUT2D eigenvalue weighted by Gasteiger charge is 2.37. The van der Waals surface area contributed by atoms with E-state index in [0.717, 1.165) is 31.0 Å². The Morgan fingerprint density at radius 1 is 0.917 bits per heavy atom. The molecule has 0 radical (unpaired) electrons. The van der Waals surface area contributed by atoms with E-state index >= 15 is 0 Å². The molecule has 0 atom stereocenters. The molecule has 1 aromatic rings. The Hall–Kier alpha value is -0.966. The molecule has 36 heavy (non-hydrogen) atoms. The summed E-state index contributed by atoms with van der Waals surface area (Å²) in [5.74, 6) is 0.0673. The van der Waals surface area contributed by atoms with Crippen molar-refractivity contribution in [3.05, 3.63) is 42.0 Å². The standard InChI is InChI=1S/C18H30N2O4Si.C6H16O3Si.ClH/c1-5-16-9-6-7-10-17(16)18(21)15-20(13-11-19)12-8-14-25(22-2,23-3)24-4;1-5-6-10(7-2,8-3)9-4;/h5-7,9-10H,1,8,11-15,19H2,2-4H3;5-6H2,1-4H3;1H. The molecule has 0 saturated carbocycles. The summed E-state index contributed by atoms with van der Waals surface area (Å²) in [4.78, 5) is 14.7. The molecule has 0 aliphatic heterocycles. The molecule has 1 rings (SSSR count). The first-order chi connectivity index (χ1) is 16.8. The van der Waals surface area contributed by atoms with Gasteiger partial charge in [-0.3, -0.25) is 9.69 Å². The summed E-state index contributed by atoms with van der Waals surface area (Å²) in [5.41, 5.74) is 7.24. The first kappa shape index (κ1) is 37.2. The highest BCUT2D eigenvalue weighted by Crippen LogP contribution is 2.16. The lowest BCUT2D eigenvalue weighted by Crippen LogP contribution is -2.43. The Balaban J connectivity index is 0. The van der Waals surface area contributed by atoms with Crippen molar-refractivity contribution in [1.82, 2.24) is 4.90 Å². The molecule has 12 heteroatoms. The molecule has 0 aliphatic rings. The quantitative estimate of drug-likeness (QED) is 0.210. The van der Waals surface area contributed by atoms with Crippen molar-refractivity contribution in [1.29, 1.82) is 0 Å². The van der Waals surface area contributed by atoms with Crippen LogP contribution in [0.2, 0.25) is 12.1 Å². The van der Waals surface area contributed by atoms with Gasteiger partial charge in [-0.2, -0.15) is 0 Å². The Morgan fingerprint density at radius 3 is 1.83 bits per heavy atom. The number of carbonyl (C=O) groups excluding carboxylic acids is 1. The number of Topliss-reactive ketones (excluding diaryl/α,β-unsaturated/α-hetero) is 1. The fraction of sp³-hybridized carbons (Fsp3) is 0.625. The number of nitrogens with two attached hydrogens (primary N) is 1. The van der Waals surface area contributed by atoms with Gasteiger partial charge in [0.25, 0.3) is 0 Å². The van der Waals surface area contributed by atoms with Crippen molar-refractivity contribution in [3.63, 3.8) is 0 Å². The minimum absolute atomic E-state index is 0. The lowest BCUT2D eigenvalue weighted by Gasteiger charge is -2.26. The molecule has 210 valence electrons. The Labute approximate surface area is 226 Å². The van der Waals surface area contributed by atoms with E-state index in [1.54, 1.807) is 48.7 Å². The summed E-state index contributed by atoms with van der Waals surface area (Å²) in [7, 11) is 4.91. The van der Waals surface area contributed by atoms with Gasteiger partial charge in [0.05, 0.1) is 6.54 Å². The number of hydrogen-bond donors (Lipinski definition) is 1. The van der Waals surface area contributed by atoms with Gasteiger partial charge < -0.3 is 32.3 Å². The molecule has 2 N–H and O–H groups in total. The number of benzene rings is 1. The van der Waals surface area contributed by atoms with Crippen LogP contribution in [0.1, 0.15) is 35.7 Å². The van der Waals surface area contributed by atoms with Gasteiger partial charge >= 0.3 is 17.6 Å². The fourth-order valence-electron chi connectivity index (χ4n) is 3.61. The normalized spacial score (nSPS) is 11.5. The zero-order valence-electron chi connectivity index (χ0n) is 23.0. The molecule has 1 aromatic carbocycles. The summed E-state index contributed by atoms with van der Waals surface area (Å²) >= 11 is 0. The van der Waals surface area contributed by atoms with Crippen LogP contribution in [0.5, 0.6) is 0 Å². The zero-order chi connectivity index (χ0) is 26.7. The third-order valence-corrected chi connectivity index (χ3v) is 11.5. The molecule has 0 saturated heterocycles. The van der Waals surface area contributed by atoms with E-state index in [2.05, 4.69) is 18.4 Å². The van der Waals surface area contributed by atoms with Crippen LogP contribution in [0.15, 0.2) is 30.8 Å². The Morgan fingerprint density at radius 2 is 1.42 bits per heavy atom. The van der Waals surface area contributed by atoms with Crippen LogP contribution < -0.4 is 5.73 Å². The minimum Gasteiger partial charge on any atom is -0.377 e. The van der Waals surface area contributed by atoms with Gasteiger partial charge in [0.15, 0.2) is 5.78 Å². The van der Waals surface area contributed by atoms with Crippen LogP contribution in [-0.4, -0.2) is 97.1 Å². The number of halogens is 1. The number of rotatable bonds is 18. The van der Waals surface area contributed by atoms with Crippen LogP contribution in [0.3, 0.4) is 0 Å². The summed E-state index contributed by atoms with van der Waals surface area (Å²) in [6.45, 7) is 8.06. The van der Waals surface area contributed by atoms with Crippen molar-refractivity contribution < 1.29 is 31.4 Å². The van der Waals surface area contributed by atoms with Crippen molar-refractivity contribution in [2.75, 3.05) is 68.8 Å². The van der Waals surface area contributed by atoms with Crippen LogP contribution in [0.25, 0.3) is 6.08 Å². The second kappa shape index (κ2) is 21.0. The predicted molar refractivity (Wildman–Crippen MR) is 152 cm³/mol. The van der Waals surface area contributed by atoms with Crippen molar-refractivity contribution >= 4 is 41.9 Å². The van der Waals surface area contributed by atoms with Crippen molar-refractivity contribution in [3.8, 4) is 0 Å². The molecular weight excluding hydrogens is 520 g/mol. The molecule has 9 nitrogen and oxygen atoms in total. The first-order valence-electron chi connectivity index (χ1n) is 11.8. The molecule has 0 heterocycles. The van der Waals surface area contributed by atoms with Crippen LogP contribution in [-0.2, 0) is 26.6 Å². The maximum atomic E-state index is 12.6. The summed E-state index contributed by atoms with van der Waals surface area (Å²) in [6, 6.07) is 9.06. The van der Waals surface area contributed by atoms with E-state index in [1.807, 2.05) is 24.3 Å². The number of hydrogen-bond acceptors (Lipinski definition) is 9. The maximum Gasteiger partial charge on any atom is 0.500 e. The van der Waals surface area contributed by atoms with Gasteiger partial charge in [-0.05, 0) is 18.5 Å². The maximum absolute atomic E-state index is 12.6. The third kappa shape index (κ3) is 12.5. The number of carbonyl (C=O) groups is 1. The summed E-state index contributed by atoms with van der Waals surface area (Å²) in [5, 5.41) is 0. The lowest BCUT2D eigenvalue weighted by molar-refractivity contribution is 0.0929. The molecule has 0 unspecified atom stereocenters. The van der Waals surface area contributed by atoms with Gasteiger partial charge in [0.1, 0.15) is 0 Å². The molecule has 0 bridgehead atoms. The summed E-state index contributed by atoms with van der Waals surface area (Å²) < 4.78 is 31.8. The molecule has 0 spiro atoms. The van der Waals surface area contributed by atoms with Gasteiger partial charge in [-0.1, -0.05) is 50.3 Å². The molecule has 0 aromatic heterocycles. The summed E-state index contributed by atoms with van der Waals surface area (Å²) in [6.07, 6.45) is 3.54. The van der Waals surface area contributed by atoms with Gasteiger partial charge in [-0.15, -0.1) is 12.4 Å². The van der Waals surface area contributed by atoms with E-state index in [1.165, 1.54) is 0 Å².